The van der Waals surface area contributed by atoms with E-state index in [-0.39, 0.29) is 0 Å². The van der Waals surface area contributed by atoms with E-state index in [0.717, 1.165) is 51.2 Å². The van der Waals surface area contributed by atoms with Gasteiger partial charge in [-0.3, -0.25) is 4.98 Å². The summed E-state index contributed by atoms with van der Waals surface area (Å²) in [5.41, 5.74) is 6.80. The Kier molecular flexibility index (Phi) is 5.73. The first-order valence-electron chi connectivity index (χ1n) is 9.85. The average Bonchev–Trinajstić information content (AvgIpc) is 2.79. The molecule has 2 heterocycles. The van der Waals surface area contributed by atoms with Gasteiger partial charge in [0.1, 0.15) is 0 Å². The van der Waals surface area contributed by atoms with Crippen molar-refractivity contribution >= 4 is 22.3 Å². The van der Waals surface area contributed by atoms with E-state index >= 15 is 0 Å². The summed E-state index contributed by atoms with van der Waals surface area (Å²) in [7, 11) is 0. The highest BCUT2D eigenvalue weighted by molar-refractivity contribution is 5.93. The van der Waals surface area contributed by atoms with Crippen molar-refractivity contribution in [3.05, 3.63) is 97.0 Å². The number of pyridine rings is 2. The number of nitrogens with zero attached hydrogens (tertiary/aromatic N) is 2. The van der Waals surface area contributed by atoms with Gasteiger partial charge in [0, 0.05) is 46.7 Å². The van der Waals surface area contributed by atoms with Gasteiger partial charge >= 0.3 is 0 Å². The summed E-state index contributed by atoms with van der Waals surface area (Å²) in [6.45, 7) is 6.76. The number of hydrogen-bond donors (Lipinski definition) is 2. The summed E-state index contributed by atoms with van der Waals surface area (Å²) in [5, 5.41) is 7.43. The smallest absolute Gasteiger partial charge is 0.0761 e. The minimum absolute atomic E-state index is 0.886. The van der Waals surface area contributed by atoms with Crippen LogP contribution in [0.15, 0.2) is 85.8 Å². The fourth-order valence-corrected chi connectivity index (χ4v) is 3.19. The Hall–Kier alpha value is -4.10. The fraction of sp³-hybridized carbons (Fsp3) is 0.0769. The van der Waals surface area contributed by atoms with E-state index in [0.29, 0.717) is 0 Å². The zero-order valence-electron chi connectivity index (χ0n) is 16.8. The van der Waals surface area contributed by atoms with Crippen LogP contribution in [-0.2, 0) is 0 Å². The van der Waals surface area contributed by atoms with Gasteiger partial charge in [0.05, 0.1) is 16.9 Å². The SMILES string of the molecule is C=CNc1cc(-c2ccc(C#Cc3ccc(NCC)cc3)cc2)nc2ccncc12. The molecule has 2 aromatic carbocycles. The summed E-state index contributed by atoms with van der Waals surface area (Å²) in [6, 6.07) is 20.2. The summed E-state index contributed by atoms with van der Waals surface area (Å²) in [6.07, 6.45) is 5.22. The molecule has 0 aliphatic carbocycles. The molecule has 2 N–H and O–H groups in total. The van der Waals surface area contributed by atoms with Crippen LogP contribution in [0.3, 0.4) is 0 Å². The predicted octanol–water partition coefficient (Wildman–Crippen LogP) is 5.68. The third-order valence-corrected chi connectivity index (χ3v) is 4.67. The van der Waals surface area contributed by atoms with E-state index in [9.17, 15) is 0 Å². The first kappa shape index (κ1) is 19.2. The molecule has 0 fully saturated rings. The molecule has 4 rings (SSSR count). The van der Waals surface area contributed by atoms with Gasteiger partial charge in [0.2, 0.25) is 0 Å². The molecule has 0 aliphatic heterocycles. The lowest BCUT2D eigenvalue weighted by molar-refractivity contribution is 1.21. The molecule has 0 amide bonds. The molecule has 30 heavy (non-hydrogen) atoms. The van der Waals surface area contributed by atoms with Gasteiger partial charge in [-0.1, -0.05) is 30.6 Å². The van der Waals surface area contributed by atoms with Crippen molar-refractivity contribution in [1.82, 2.24) is 9.97 Å². The van der Waals surface area contributed by atoms with Crippen LogP contribution in [0, 0.1) is 11.8 Å². The zero-order chi connectivity index (χ0) is 20.8. The topological polar surface area (TPSA) is 49.8 Å². The monoisotopic (exact) mass is 390 g/mol. The van der Waals surface area contributed by atoms with Crippen LogP contribution in [0.25, 0.3) is 22.2 Å². The Balaban J connectivity index is 1.59. The van der Waals surface area contributed by atoms with E-state index in [1.165, 1.54) is 0 Å². The standard InChI is InChI=1S/C26H22N4/c1-3-28-22-13-9-20(10-14-22)6-5-19-7-11-21(12-8-19)25-17-26(29-4-2)23-18-27-16-15-24(23)30-25/h4,7-18,28H,2-3H2,1H3,(H,29,30). The molecule has 0 saturated heterocycles. The van der Waals surface area contributed by atoms with Crippen LogP contribution in [-0.4, -0.2) is 16.5 Å². The minimum atomic E-state index is 0.886. The van der Waals surface area contributed by atoms with Crippen LogP contribution in [0.5, 0.6) is 0 Å². The average molecular weight is 390 g/mol. The molecule has 146 valence electrons. The summed E-state index contributed by atoms with van der Waals surface area (Å²) < 4.78 is 0. The van der Waals surface area contributed by atoms with Crippen LogP contribution >= 0.6 is 0 Å². The number of hydrogen-bond acceptors (Lipinski definition) is 4. The van der Waals surface area contributed by atoms with E-state index in [2.05, 4.69) is 41.0 Å². The van der Waals surface area contributed by atoms with Crippen molar-refractivity contribution in [2.24, 2.45) is 0 Å². The molecular weight excluding hydrogens is 368 g/mol. The van der Waals surface area contributed by atoms with Crippen molar-refractivity contribution in [3.8, 4) is 23.1 Å². The van der Waals surface area contributed by atoms with Crippen LogP contribution in [0.2, 0.25) is 0 Å². The molecule has 4 heteroatoms. The zero-order valence-corrected chi connectivity index (χ0v) is 16.8. The third kappa shape index (κ3) is 4.31. The van der Waals surface area contributed by atoms with Gasteiger partial charge < -0.3 is 10.6 Å². The van der Waals surface area contributed by atoms with E-state index in [4.69, 9.17) is 4.98 Å². The molecular formula is C26H22N4. The molecule has 2 aromatic heterocycles. The summed E-state index contributed by atoms with van der Waals surface area (Å²) in [4.78, 5) is 8.97. The number of anilines is 2. The quantitative estimate of drug-likeness (QED) is 0.430. The first-order chi connectivity index (χ1) is 14.8. The van der Waals surface area contributed by atoms with E-state index in [1.807, 2.05) is 66.9 Å². The largest absolute Gasteiger partial charge is 0.385 e. The highest BCUT2D eigenvalue weighted by atomic mass is 14.9. The molecule has 0 aliphatic rings. The van der Waals surface area contributed by atoms with Crippen LogP contribution in [0.1, 0.15) is 18.1 Å². The van der Waals surface area contributed by atoms with Gasteiger partial charge in [0.15, 0.2) is 0 Å². The van der Waals surface area contributed by atoms with E-state index in [1.54, 1.807) is 12.4 Å². The Morgan fingerprint density at radius 2 is 1.67 bits per heavy atom. The number of nitrogens with one attached hydrogen (secondary N) is 2. The van der Waals surface area contributed by atoms with Gasteiger partial charge in [-0.25, -0.2) is 4.98 Å². The van der Waals surface area contributed by atoms with Gasteiger partial charge in [-0.15, -0.1) is 0 Å². The van der Waals surface area contributed by atoms with Crippen LogP contribution < -0.4 is 10.6 Å². The normalized spacial score (nSPS) is 10.2. The molecule has 4 nitrogen and oxygen atoms in total. The lowest BCUT2D eigenvalue weighted by atomic mass is 10.1. The van der Waals surface area contributed by atoms with Crippen molar-refractivity contribution < 1.29 is 0 Å². The summed E-state index contributed by atoms with van der Waals surface area (Å²) >= 11 is 0. The van der Waals surface area contributed by atoms with Crippen molar-refractivity contribution in [2.75, 3.05) is 17.2 Å². The second-order valence-electron chi connectivity index (χ2n) is 6.73. The van der Waals surface area contributed by atoms with Crippen LogP contribution in [0.4, 0.5) is 11.4 Å². The van der Waals surface area contributed by atoms with Crippen molar-refractivity contribution in [3.63, 3.8) is 0 Å². The molecule has 0 bridgehead atoms. The van der Waals surface area contributed by atoms with Gasteiger partial charge in [-0.2, -0.15) is 0 Å². The van der Waals surface area contributed by atoms with Gasteiger partial charge in [-0.05, 0) is 61.7 Å². The molecule has 0 saturated carbocycles. The Labute approximate surface area is 176 Å². The number of aromatic nitrogens is 2. The van der Waals surface area contributed by atoms with E-state index < -0.39 is 0 Å². The second-order valence-corrected chi connectivity index (χ2v) is 6.73. The number of fused-ring (bicyclic) bond motifs is 1. The number of rotatable bonds is 5. The molecule has 0 radical (unpaired) electrons. The minimum Gasteiger partial charge on any atom is -0.385 e. The third-order valence-electron chi connectivity index (χ3n) is 4.67. The highest BCUT2D eigenvalue weighted by Crippen LogP contribution is 2.28. The summed E-state index contributed by atoms with van der Waals surface area (Å²) in [5.74, 6) is 6.45. The second kappa shape index (κ2) is 8.93. The van der Waals surface area contributed by atoms with Gasteiger partial charge in [0.25, 0.3) is 0 Å². The fourth-order valence-electron chi connectivity index (χ4n) is 3.19. The first-order valence-corrected chi connectivity index (χ1v) is 9.85. The number of benzene rings is 2. The molecule has 0 spiro atoms. The van der Waals surface area contributed by atoms with Crippen molar-refractivity contribution in [1.29, 1.82) is 0 Å². The lowest BCUT2D eigenvalue weighted by Gasteiger charge is -2.09. The molecule has 0 unspecified atom stereocenters. The predicted molar refractivity (Wildman–Crippen MR) is 125 cm³/mol. The molecule has 4 aromatic rings. The maximum Gasteiger partial charge on any atom is 0.0761 e. The Morgan fingerprint density at radius 3 is 2.33 bits per heavy atom. The highest BCUT2D eigenvalue weighted by Gasteiger charge is 2.07. The molecule has 0 atom stereocenters. The maximum atomic E-state index is 4.78. The lowest BCUT2D eigenvalue weighted by Crippen LogP contribution is -1.95. The Bertz CT molecular complexity index is 1230. The van der Waals surface area contributed by atoms with Crippen molar-refractivity contribution in [2.45, 2.75) is 6.92 Å². The maximum absolute atomic E-state index is 4.78. The Morgan fingerprint density at radius 1 is 0.967 bits per heavy atom.